The lowest BCUT2D eigenvalue weighted by Crippen LogP contribution is -2.58. The molecule has 0 radical (unpaired) electrons. The van der Waals surface area contributed by atoms with Gasteiger partial charge in [0.2, 0.25) is 23.6 Å². The van der Waals surface area contributed by atoms with E-state index in [0.29, 0.717) is 25.0 Å². The van der Waals surface area contributed by atoms with Crippen LogP contribution in [-0.4, -0.2) is 112 Å². The van der Waals surface area contributed by atoms with Gasteiger partial charge < -0.3 is 48.3 Å². The van der Waals surface area contributed by atoms with Crippen LogP contribution in [0.5, 0.6) is 0 Å². The van der Waals surface area contributed by atoms with E-state index in [1.54, 1.807) is 0 Å². The fourth-order valence-electron chi connectivity index (χ4n) is 4.46. The van der Waals surface area contributed by atoms with Crippen LogP contribution in [0.15, 0.2) is 4.99 Å². The fourth-order valence-corrected chi connectivity index (χ4v) is 4.94. The molecule has 0 aromatic rings. The average molecular weight is 631 g/mol. The second kappa shape index (κ2) is 18.8. The summed E-state index contributed by atoms with van der Waals surface area (Å²) < 4.78 is 0. The third-order valence-electron chi connectivity index (χ3n) is 7.20. The Morgan fingerprint density at radius 2 is 1.65 bits per heavy atom. The smallest absolute Gasteiger partial charge is 0.326 e. The third-order valence-corrected chi connectivity index (χ3v) is 7.84. The number of aliphatic imine (C=N–C) groups is 1. The van der Waals surface area contributed by atoms with Crippen molar-refractivity contribution in [1.82, 2.24) is 20.9 Å². The van der Waals surface area contributed by atoms with Crippen LogP contribution in [0.4, 0.5) is 0 Å². The molecule has 1 fully saturated rings. The number of rotatable bonds is 19. The van der Waals surface area contributed by atoms with Gasteiger partial charge in [0.15, 0.2) is 5.96 Å². The molecule has 0 unspecified atom stereocenters. The predicted molar refractivity (Wildman–Crippen MR) is 161 cm³/mol. The molecule has 0 bridgehead atoms. The van der Waals surface area contributed by atoms with Crippen molar-refractivity contribution in [3.8, 4) is 0 Å². The lowest BCUT2D eigenvalue weighted by Gasteiger charge is -2.30. The monoisotopic (exact) mass is 630 g/mol. The van der Waals surface area contributed by atoms with Gasteiger partial charge in [-0.2, -0.15) is 11.8 Å². The Kier molecular flexibility index (Phi) is 16.4. The van der Waals surface area contributed by atoms with E-state index >= 15 is 0 Å². The Labute approximate surface area is 255 Å². The summed E-state index contributed by atoms with van der Waals surface area (Å²) in [6.07, 6.45) is 3.03. The summed E-state index contributed by atoms with van der Waals surface area (Å²) in [7, 11) is 0. The molecule has 0 spiro atoms. The van der Waals surface area contributed by atoms with Crippen molar-refractivity contribution in [3.63, 3.8) is 0 Å². The molecule has 43 heavy (non-hydrogen) atoms. The topological polar surface area (TPSA) is 273 Å². The first-order chi connectivity index (χ1) is 20.2. The number of nitrogens with one attached hydrogen (secondary N) is 3. The number of amides is 4. The number of carboxylic acid groups (broad SMARTS) is 2. The summed E-state index contributed by atoms with van der Waals surface area (Å²) in [6, 6.07) is -5.67. The maximum Gasteiger partial charge on any atom is 0.326 e. The molecule has 4 amide bonds. The SMILES string of the molecule is CC[C@H](C)[C@H](N)C(=O)N[C@@H](CCCN=C(N)N)C(=O)N[C@@H](CCSC)C(=O)N1CCC[C@H]1C(=O)N[C@@H](CC(=O)O)C(=O)O. The molecule has 1 saturated heterocycles. The minimum atomic E-state index is -1.67. The number of thioether (sulfide) groups is 1. The normalized spacial score (nSPS) is 18.0. The maximum atomic E-state index is 13.7. The minimum Gasteiger partial charge on any atom is -0.481 e. The van der Waals surface area contributed by atoms with Crippen LogP contribution in [0.25, 0.3) is 0 Å². The number of likely N-dealkylation sites (tertiary alicyclic amines) is 1. The van der Waals surface area contributed by atoms with Crippen LogP contribution in [0.2, 0.25) is 0 Å². The molecule has 1 aliphatic rings. The predicted octanol–water partition coefficient (Wildman–Crippen LogP) is -1.83. The summed E-state index contributed by atoms with van der Waals surface area (Å²) in [4.78, 5) is 80.6. The molecule has 0 aromatic heterocycles. The molecule has 244 valence electrons. The highest BCUT2D eigenvalue weighted by Crippen LogP contribution is 2.20. The first kappa shape index (κ1) is 37.4. The number of carbonyl (C=O) groups excluding carboxylic acids is 4. The molecular weight excluding hydrogens is 584 g/mol. The van der Waals surface area contributed by atoms with Gasteiger partial charge in [0.05, 0.1) is 12.5 Å². The van der Waals surface area contributed by atoms with Gasteiger partial charge in [0, 0.05) is 13.1 Å². The van der Waals surface area contributed by atoms with Crippen LogP contribution in [0, 0.1) is 5.92 Å². The van der Waals surface area contributed by atoms with Crippen molar-refractivity contribution in [2.45, 2.75) is 89.0 Å². The number of hydrogen-bond acceptors (Lipinski definition) is 9. The van der Waals surface area contributed by atoms with Gasteiger partial charge in [-0.15, -0.1) is 0 Å². The summed E-state index contributed by atoms with van der Waals surface area (Å²) in [5.74, 6) is -5.18. The van der Waals surface area contributed by atoms with E-state index in [1.165, 1.54) is 16.7 Å². The molecule has 0 aromatic carbocycles. The van der Waals surface area contributed by atoms with E-state index in [9.17, 15) is 33.9 Å². The van der Waals surface area contributed by atoms with E-state index in [2.05, 4.69) is 20.9 Å². The van der Waals surface area contributed by atoms with E-state index in [4.69, 9.17) is 22.3 Å². The van der Waals surface area contributed by atoms with Gasteiger partial charge in [-0.25, -0.2) is 4.79 Å². The molecule has 16 nitrogen and oxygen atoms in total. The quantitative estimate of drug-likeness (QED) is 0.0445. The van der Waals surface area contributed by atoms with Crippen molar-refractivity contribution < 1.29 is 39.0 Å². The summed E-state index contributed by atoms with van der Waals surface area (Å²) in [6.45, 7) is 4.09. The van der Waals surface area contributed by atoms with Gasteiger partial charge in [-0.1, -0.05) is 20.3 Å². The van der Waals surface area contributed by atoms with Crippen molar-refractivity contribution in [1.29, 1.82) is 0 Å². The van der Waals surface area contributed by atoms with Crippen molar-refractivity contribution in [2.75, 3.05) is 25.1 Å². The molecule has 11 N–H and O–H groups in total. The molecule has 1 aliphatic heterocycles. The minimum absolute atomic E-state index is 0.117. The highest BCUT2D eigenvalue weighted by atomic mass is 32.2. The van der Waals surface area contributed by atoms with Crippen molar-refractivity contribution >= 4 is 53.3 Å². The van der Waals surface area contributed by atoms with Gasteiger partial charge in [-0.3, -0.25) is 29.0 Å². The first-order valence-electron chi connectivity index (χ1n) is 14.2. The Bertz CT molecular complexity index is 1030. The molecule has 1 rings (SSSR count). The highest BCUT2D eigenvalue weighted by Gasteiger charge is 2.39. The summed E-state index contributed by atoms with van der Waals surface area (Å²) in [5.41, 5.74) is 16.8. The van der Waals surface area contributed by atoms with Crippen LogP contribution < -0.4 is 33.2 Å². The van der Waals surface area contributed by atoms with E-state index in [0.717, 1.165) is 0 Å². The van der Waals surface area contributed by atoms with Crippen molar-refractivity contribution in [2.24, 2.45) is 28.1 Å². The largest absolute Gasteiger partial charge is 0.481 e. The number of carboxylic acids is 2. The van der Waals surface area contributed by atoms with Crippen LogP contribution in [-0.2, 0) is 28.8 Å². The zero-order valence-corrected chi connectivity index (χ0v) is 25.7. The number of nitrogens with zero attached hydrogens (tertiary/aromatic N) is 2. The van der Waals surface area contributed by atoms with E-state index in [-0.39, 0.29) is 44.2 Å². The second-order valence-electron chi connectivity index (χ2n) is 10.5. The molecule has 0 aliphatic carbocycles. The van der Waals surface area contributed by atoms with Gasteiger partial charge in [0.1, 0.15) is 24.2 Å². The Morgan fingerprint density at radius 3 is 2.21 bits per heavy atom. The number of aliphatic carboxylic acids is 2. The second-order valence-corrected chi connectivity index (χ2v) is 11.4. The lowest BCUT2D eigenvalue weighted by atomic mass is 9.98. The molecule has 6 atom stereocenters. The average Bonchev–Trinajstić information content (AvgIpc) is 3.44. The number of hydrogen-bond donors (Lipinski definition) is 8. The summed E-state index contributed by atoms with van der Waals surface area (Å²) >= 11 is 1.44. The molecule has 0 saturated carbocycles. The fraction of sp³-hybridized carbons (Fsp3) is 0.731. The van der Waals surface area contributed by atoms with E-state index in [1.807, 2.05) is 20.1 Å². The highest BCUT2D eigenvalue weighted by molar-refractivity contribution is 7.98. The first-order valence-corrected chi connectivity index (χ1v) is 15.6. The van der Waals surface area contributed by atoms with Gasteiger partial charge >= 0.3 is 11.9 Å². The number of carbonyl (C=O) groups is 6. The lowest BCUT2D eigenvalue weighted by molar-refractivity contribution is -0.148. The van der Waals surface area contributed by atoms with Crippen LogP contribution in [0.1, 0.15) is 58.8 Å². The van der Waals surface area contributed by atoms with E-state index < -0.39 is 72.2 Å². The molecule has 1 heterocycles. The zero-order valence-electron chi connectivity index (χ0n) is 24.9. The number of guanidine groups is 1. The van der Waals surface area contributed by atoms with Gasteiger partial charge in [-0.05, 0) is 50.0 Å². The maximum absolute atomic E-state index is 13.7. The Morgan fingerprint density at radius 1 is 1.00 bits per heavy atom. The zero-order chi connectivity index (χ0) is 32.7. The summed E-state index contributed by atoms with van der Waals surface area (Å²) in [5, 5.41) is 25.9. The molecule has 17 heteroatoms. The Hall–Kier alpha value is -3.60. The third kappa shape index (κ3) is 12.7. The number of nitrogens with two attached hydrogens (primary N) is 3. The standard InChI is InChI=1S/C26H46N8O8S/c1-4-14(2)20(27)23(39)31-15(7-5-10-30-26(28)29)21(37)32-16(9-12-43-3)24(40)34-11-6-8-18(34)22(38)33-17(25(41)42)13-19(35)36/h14-18,20H,4-13,27H2,1-3H3,(H,31,39)(H,32,37)(H,33,38)(H,35,36)(H,41,42)(H4,28,29,30)/t14-,15-,16-,17-,18-,20-/m0/s1. The van der Waals surface area contributed by atoms with Crippen LogP contribution in [0.3, 0.4) is 0 Å². The van der Waals surface area contributed by atoms with Crippen LogP contribution >= 0.6 is 11.8 Å². The van der Waals surface area contributed by atoms with Crippen molar-refractivity contribution in [3.05, 3.63) is 0 Å². The molecular formula is C26H46N8O8S. The Balaban J connectivity index is 3.14. The van der Waals surface area contributed by atoms with Gasteiger partial charge in [0.25, 0.3) is 0 Å².